The zero-order valence-corrected chi connectivity index (χ0v) is 8.71. The van der Waals surface area contributed by atoms with E-state index in [0.717, 1.165) is 16.0 Å². The van der Waals surface area contributed by atoms with Crippen molar-refractivity contribution < 1.29 is 0 Å². The molecule has 14 heavy (non-hydrogen) atoms. The molecule has 0 aliphatic carbocycles. The molecule has 2 aromatic rings. The highest BCUT2D eigenvalue weighted by Gasteiger charge is 2.05. The molecule has 2 rings (SSSR count). The molecule has 0 spiro atoms. The van der Waals surface area contributed by atoms with Crippen LogP contribution in [0.4, 0.5) is 5.69 Å². The molecule has 2 aromatic heterocycles. The Morgan fingerprint density at radius 2 is 2.43 bits per heavy atom. The quantitative estimate of drug-likeness (QED) is 0.801. The van der Waals surface area contributed by atoms with E-state index in [1.807, 2.05) is 13.0 Å². The third-order valence-corrected chi connectivity index (χ3v) is 2.84. The fourth-order valence-electron chi connectivity index (χ4n) is 1.21. The lowest BCUT2D eigenvalue weighted by Crippen LogP contribution is -2.25. The smallest absolute Gasteiger partial charge is 0.172 e. The third kappa shape index (κ3) is 1.69. The van der Waals surface area contributed by atoms with Crippen LogP contribution in [0.3, 0.4) is 0 Å². The van der Waals surface area contributed by atoms with Gasteiger partial charge in [0, 0.05) is 18.8 Å². The van der Waals surface area contributed by atoms with Crippen molar-refractivity contribution in [3.8, 4) is 0 Å². The van der Waals surface area contributed by atoms with Gasteiger partial charge in [0.1, 0.15) is 0 Å². The highest BCUT2D eigenvalue weighted by molar-refractivity contribution is 7.17. The number of hydrogen-bond acceptors (Lipinski definition) is 5. The number of hydrogen-bond donors (Lipinski definition) is 2. The number of nitrogens with two attached hydrogens (primary N) is 1. The standard InChI is InChI=1S/C9H12N4S/c1-6(4-10)13-7-2-3-11-9-8(7)14-5-12-9/h2-3,5-6H,4,10H2,1H3,(H,11,13). The number of anilines is 1. The third-order valence-electron chi connectivity index (χ3n) is 1.99. The normalized spacial score (nSPS) is 13.0. The maximum absolute atomic E-state index is 5.55. The van der Waals surface area contributed by atoms with Gasteiger partial charge in [0.25, 0.3) is 0 Å². The van der Waals surface area contributed by atoms with Crippen LogP contribution in [0.5, 0.6) is 0 Å². The molecule has 5 heteroatoms. The summed E-state index contributed by atoms with van der Waals surface area (Å²) in [6, 6.07) is 2.22. The van der Waals surface area contributed by atoms with Gasteiger partial charge < -0.3 is 11.1 Å². The Balaban J connectivity index is 2.36. The summed E-state index contributed by atoms with van der Waals surface area (Å²) in [6.45, 7) is 2.66. The molecule has 0 amide bonds. The summed E-state index contributed by atoms with van der Waals surface area (Å²) in [5.74, 6) is 0. The minimum Gasteiger partial charge on any atom is -0.380 e. The maximum atomic E-state index is 5.55. The molecule has 0 aromatic carbocycles. The van der Waals surface area contributed by atoms with Crippen molar-refractivity contribution in [3.63, 3.8) is 0 Å². The maximum Gasteiger partial charge on any atom is 0.172 e. The Hall–Kier alpha value is -1.20. The average Bonchev–Trinajstić information content (AvgIpc) is 2.66. The molecule has 0 saturated heterocycles. The zero-order valence-electron chi connectivity index (χ0n) is 7.90. The van der Waals surface area contributed by atoms with Crippen molar-refractivity contribution in [1.82, 2.24) is 9.97 Å². The van der Waals surface area contributed by atoms with Crippen LogP contribution in [0.25, 0.3) is 10.3 Å². The number of thiazole rings is 1. The van der Waals surface area contributed by atoms with Crippen molar-refractivity contribution in [2.45, 2.75) is 13.0 Å². The molecule has 0 radical (unpaired) electrons. The summed E-state index contributed by atoms with van der Waals surface area (Å²) in [4.78, 5) is 8.31. The van der Waals surface area contributed by atoms with Crippen molar-refractivity contribution >= 4 is 27.4 Å². The van der Waals surface area contributed by atoms with E-state index in [0.29, 0.717) is 6.54 Å². The van der Waals surface area contributed by atoms with Crippen LogP contribution in [0.15, 0.2) is 17.8 Å². The lowest BCUT2D eigenvalue weighted by molar-refractivity contribution is 0.805. The van der Waals surface area contributed by atoms with E-state index in [9.17, 15) is 0 Å². The molecule has 0 saturated carbocycles. The van der Waals surface area contributed by atoms with Gasteiger partial charge in [0.05, 0.1) is 15.9 Å². The van der Waals surface area contributed by atoms with Gasteiger partial charge in [0.15, 0.2) is 5.65 Å². The van der Waals surface area contributed by atoms with E-state index in [-0.39, 0.29) is 6.04 Å². The van der Waals surface area contributed by atoms with Crippen molar-refractivity contribution in [2.24, 2.45) is 5.73 Å². The Bertz CT molecular complexity index is 425. The monoisotopic (exact) mass is 208 g/mol. The molecule has 3 N–H and O–H groups in total. The first-order chi connectivity index (χ1) is 6.81. The molecular formula is C9H12N4S. The van der Waals surface area contributed by atoms with E-state index in [1.165, 1.54) is 0 Å². The fraction of sp³-hybridized carbons (Fsp3) is 0.333. The van der Waals surface area contributed by atoms with E-state index in [2.05, 4.69) is 15.3 Å². The second-order valence-electron chi connectivity index (χ2n) is 3.14. The van der Waals surface area contributed by atoms with Crippen molar-refractivity contribution in [3.05, 3.63) is 17.8 Å². The van der Waals surface area contributed by atoms with Crippen LogP contribution < -0.4 is 11.1 Å². The van der Waals surface area contributed by atoms with Crippen LogP contribution in [0, 0.1) is 0 Å². The van der Waals surface area contributed by atoms with E-state index >= 15 is 0 Å². The fourth-order valence-corrected chi connectivity index (χ4v) is 1.94. The van der Waals surface area contributed by atoms with Gasteiger partial charge in [-0.25, -0.2) is 9.97 Å². The van der Waals surface area contributed by atoms with Crippen LogP contribution in [0.1, 0.15) is 6.92 Å². The lowest BCUT2D eigenvalue weighted by atomic mass is 10.3. The molecule has 0 aliphatic rings. The molecule has 74 valence electrons. The predicted molar refractivity (Wildman–Crippen MR) is 59.6 cm³/mol. The van der Waals surface area contributed by atoms with Gasteiger partial charge >= 0.3 is 0 Å². The molecule has 2 heterocycles. The van der Waals surface area contributed by atoms with Crippen molar-refractivity contribution in [2.75, 3.05) is 11.9 Å². The molecule has 0 fully saturated rings. The average molecular weight is 208 g/mol. The molecule has 4 nitrogen and oxygen atoms in total. The SMILES string of the molecule is CC(CN)Nc1ccnc2ncsc12. The highest BCUT2D eigenvalue weighted by Crippen LogP contribution is 2.24. The minimum absolute atomic E-state index is 0.266. The number of rotatable bonds is 3. The van der Waals surface area contributed by atoms with Gasteiger partial charge in [-0.15, -0.1) is 11.3 Å². The summed E-state index contributed by atoms with van der Waals surface area (Å²) >= 11 is 1.59. The van der Waals surface area contributed by atoms with Gasteiger partial charge in [-0.3, -0.25) is 0 Å². The second-order valence-corrected chi connectivity index (χ2v) is 4.00. The van der Waals surface area contributed by atoms with Gasteiger partial charge in [0.2, 0.25) is 0 Å². The topological polar surface area (TPSA) is 63.8 Å². The lowest BCUT2D eigenvalue weighted by Gasteiger charge is -2.12. The number of nitrogens with one attached hydrogen (secondary N) is 1. The Labute approximate surface area is 86.2 Å². The van der Waals surface area contributed by atoms with Crippen LogP contribution in [-0.2, 0) is 0 Å². The second kappa shape index (κ2) is 3.89. The number of pyridine rings is 1. The van der Waals surface area contributed by atoms with Crippen molar-refractivity contribution in [1.29, 1.82) is 0 Å². The largest absolute Gasteiger partial charge is 0.380 e. The molecule has 1 atom stereocenters. The molecule has 1 unspecified atom stereocenters. The van der Waals surface area contributed by atoms with Crippen LogP contribution >= 0.6 is 11.3 Å². The number of nitrogens with zero attached hydrogens (tertiary/aromatic N) is 2. The number of fused-ring (bicyclic) bond motifs is 1. The van der Waals surface area contributed by atoms with Gasteiger partial charge in [-0.05, 0) is 13.0 Å². The van der Waals surface area contributed by atoms with Gasteiger partial charge in [-0.1, -0.05) is 0 Å². The molecular weight excluding hydrogens is 196 g/mol. The Morgan fingerprint density at radius 3 is 3.21 bits per heavy atom. The van der Waals surface area contributed by atoms with E-state index in [4.69, 9.17) is 5.73 Å². The summed E-state index contributed by atoms with van der Waals surface area (Å²) in [5, 5.41) is 3.33. The Morgan fingerprint density at radius 1 is 1.57 bits per heavy atom. The first kappa shape index (κ1) is 9.36. The first-order valence-corrected chi connectivity index (χ1v) is 5.34. The van der Waals surface area contributed by atoms with Gasteiger partial charge in [-0.2, -0.15) is 0 Å². The summed E-state index contributed by atoms with van der Waals surface area (Å²) in [5.41, 5.74) is 9.21. The minimum atomic E-state index is 0.266. The summed E-state index contributed by atoms with van der Waals surface area (Å²) in [6.07, 6.45) is 1.76. The number of aromatic nitrogens is 2. The van der Waals surface area contributed by atoms with Crippen LogP contribution in [0.2, 0.25) is 0 Å². The summed E-state index contributed by atoms with van der Waals surface area (Å²) < 4.78 is 1.09. The summed E-state index contributed by atoms with van der Waals surface area (Å²) in [7, 11) is 0. The zero-order chi connectivity index (χ0) is 9.97. The highest BCUT2D eigenvalue weighted by atomic mass is 32.1. The first-order valence-electron chi connectivity index (χ1n) is 4.46. The predicted octanol–water partition coefficient (Wildman–Crippen LogP) is 1.45. The molecule has 0 bridgehead atoms. The molecule has 0 aliphatic heterocycles. The van der Waals surface area contributed by atoms with E-state index < -0.39 is 0 Å². The Kier molecular flexibility index (Phi) is 2.60. The van der Waals surface area contributed by atoms with E-state index in [1.54, 1.807) is 23.0 Å². The van der Waals surface area contributed by atoms with Crippen LogP contribution in [-0.4, -0.2) is 22.6 Å².